The summed E-state index contributed by atoms with van der Waals surface area (Å²) in [6.07, 6.45) is 1.79. The van der Waals surface area contributed by atoms with Crippen molar-refractivity contribution in [3.63, 3.8) is 0 Å². The van der Waals surface area contributed by atoms with E-state index in [0.717, 1.165) is 24.0 Å². The highest BCUT2D eigenvalue weighted by Gasteiger charge is 2.16. The van der Waals surface area contributed by atoms with E-state index < -0.39 is 10.2 Å². The maximum Gasteiger partial charge on any atom is 0.279 e. The van der Waals surface area contributed by atoms with Crippen molar-refractivity contribution in [3.05, 3.63) is 35.4 Å². The van der Waals surface area contributed by atoms with Crippen molar-refractivity contribution in [1.29, 1.82) is 0 Å². The molecule has 0 radical (unpaired) electrons. The smallest absolute Gasteiger partial charge is 0.279 e. The Morgan fingerprint density at radius 2 is 1.89 bits per heavy atom. The van der Waals surface area contributed by atoms with Gasteiger partial charge in [0.25, 0.3) is 10.2 Å². The predicted molar refractivity (Wildman–Crippen MR) is 75.7 cm³/mol. The van der Waals surface area contributed by atoms with Crippen LogP contribution >= 0.6 is 0 Å². The summed E-state index contributed by atoms with van der Waals surface area (Å²) in [5.74, 6) is 0. The molecule has 108 valence electrons. The summed E-state index contributed by atoms with van der Waals surface area (Å²) in [6.45, 7) is 2.62. The third-order valence-corrected chi connectivity index (χ3v) is 4.48. The number of rotatable bonds is 8. The van der Waals surface area contributed by atoms with Gasteiger partial charge < -0.3 is 5.11 Å². The monoisotopic (exact) mass is 286 g/mol. The Morgan fingerprint density at radius 3 is 2.47 bits per heavy atom. The van der Waals surface area contributed by atoms with Gasteiger partial charge in [-0.25, -0.2) is 0 Å². The van der Waals surface area contributed by atoms with Crippen LogP contribution in [0.2, 0.25) is 0 Å². The fraction of sp³-hybridized carbons (Fsp3) is 0.538. The highest BCUT2D eigenvalue weighted by atomic mass is 32.2. The zero-order valence-electron chi connectivity index (χ0n) is 11.5. The first-order valence-electron chi connectivity index (χ1n) is 6.39. The van der Waals surface area contributed by atoms with E-state index in [2.05, 4.69) is 4.72 Å². The topological polar surface area (TPSA) is 69.6 Å². The lowest BCUT2D eigenvalue weighted by Crippen LogP contribution is -2.38. The van der Waals surface area contributed by atoms with Crippen LogP contribution in [0.25, 0.3) is 0 Å². The molecule has 5 nitrogen and oxygen atoms in total. The van der Waals surface area contributed by atoms with Gasteiger partial charge in [-0.15, -0.1) is 0 Å². The third kappa shape index (κ3) is 4.91. The SMILES string of the molecule is CCCCN(C)S(=O)(=O)NCc1ccccc1CO. The van der Waals surface area contributed by atoms with Gasteiger partial charge in [0, 0.05) is 20.1 Å². The van der Waals surface area contributed by atoms with E-state index in [4.69, 9.17) is 0 Å². The molecular formula is C13H22N2O3S. The lowest BCUT2D eigenvalue weighted by Gasteiger charge is -2.18. The Balaban J connectivity index is 2.64. The molecule has 1 aromatic carbocycles. The second kappa shape index (κ2) is 7.59. The summed E-state index contributed by atoms with van der Waals surface area (Å²) in [4.78, 5) is 0. The molecule has 0 spiro atoms. The number of benzene rings is 1. The summed E-state index contributed by atoms with van der Waals surface area (Å²) in [5.41, 5.74) is 1.53. The maximum absolute atomic E-state index is 12.0. The van der Waals surface area contributed by atoms with E-state index >= 15 is 0 Å². The van der Waals surface area contributed by atoms with E-state index in [-0.39, 0.29) is 13.2 Å². The van der Waals surface area contributed by atoms with Crippen LogP contribution in [-0.4, -0.2) is 31.4 Å². The summed E-state index contributed by atoms with van der Waals surface area (Å²) in [6, 6.07) is 7.23. The van der Waals surface area contributed by atoms with Crippen LogP contribution in [-0.2, 0) is 23.4 Å². The van der Waals surface area contributed by atoms with Crippen molar-refractivity contribution in [1.82, 2.24) is 9.03 Å². The zero-order chi connectivity index (χ0) is 14.3. The van der Waals surface area contributed by atoms with E-state index in [1.54, 1.807) is 19.2 Å². The van der Waals surface area contributed by atoms with Crippen LogP contribution in [0.4, 0.5) is 0 Å². The van der Waals surface area contributed by atoms with Gasteiger partial charge in [0.2, 0.25) is 0 Å². The first-order valence-corrected chi connectivity index (χ1v) is 7.83. The minimum Gasteiger partial charge on any atom is -0.392 e. The Hall–Kier alpha value is -0.950. The van der Waals surface area contributed by atoms with Crippen LogP contribution in [0.3, 0.4) is 0 Å². The van der Waals surface area contributed by atoms with Crippen LogP contribution < -0.4 is 4.72 Å². The molecule has 0 atom stereocenters. The highest BCUT2D eigenvalue weighted by Crippen LogP contribution is 2.09. The fourth-order valence-corrected chi connectivity index (χ4v) is 2.59. The molecule has 6 heteroatoms. The molecule has 0 aliphatic carbocycles. The molecule has 0 heterocycles. The molecule has 1 aromatic rings. The first-order chi connectivity index (χ1) is 9.01. The lowest BCUT2D eigenvalue weighted by molar-refractivity contribution is 0.280. The summed E-state index contributed by atoms with van der Waals surface area (Å²) in [7, 11) is -1.89. The minimum atomic E-state index is -3.45. The lowest BCUT2D eigenvalue weighted by atomic mass is 10.1. The number of hydrogen-bond acceptors (Lipinski definition) is 3. The Labute approximate surface area is 115 Å². The van der Waals surface area contributed by atoms with Crippen molar-refractivity contribution in [2.75, 3.05) is 13.6 Å². The minimum absolute atomic E-state index is 0.0937. The molecule has 0 aromatic heterocycles. The molecule has 0 bridgehead atoms. The standard InChI is InChI=1S/C13H22N2O3S/c1-3-4-9-15(2)19(17,18)14-10-12-7-5-6-8-13(12)11-16/h5-8,14,16H,3-4,9-11H2,1-2H3. The van der Waals surface area contributed by atoms with E-state index in [1.807, 2.05) is 19.1 Å². The Kier molecular flexibility index (Phi) is 6.44. The summed E-state index contributed by atoms with van der Waals surface area (Å²) in [5, 5.41) is 9.19. The molecule has 2 N–H and O–H groups in total. The van der Waals surface area contributed by atoms with E-state index in [1.165, 1.54) is 4.31 Å². The number of aliphatic hydroxyl groups is 1. The molecule has 19 heavy (non-hydrogen) atoms. The molecule has 0 unspecified atom stereocenters. The summed E-state index contributed by atoms with van der Waals surface area (Å²) >= 11 is 0. The molecule has 0 saturated heterocycles. The molecular weight excluding hydrogens is 264 g/mol. The van der Waals surface area contributed by atoms with Gasteiger partial charge in [0.1, 0.15) is 0 Å². The van der Waals surface area contributed by atoms with Crippen LogP contribution in [0, 0.1) is 0 Å². The van der Waals surface area contributed by atoms with Gasteiger partial charge in [-0.2, -0.15) is 17.4 Å². The van der Waals surface area contributed by atoms with Crippen molar-refractivity contribution in [2.24, 2.45) is 0 Å². The number of hydrogen-bond donors (Lipinski definition) is 2. The Morgan fingerprint density at radius 1 is 1.26 bits per heavy atom. The molecule has 0 amide bonds. The van der Waals surface area contributed by atoms with Gasteiger partial charge >= 0.3 is 0 Å². The summed E-state index contributed by atoms with van der Waals surface area (Å²) < 4.78 is 27.8. The molecule has 0 aliphatic rings. The van der Waals surface area contributed by atoms with Crippen molar-refractivity contribution >= 4 is 10.2 Å². The van der Waals surface area contributed by atoms with Gasteiger partial charge in [0.15, 0.2) is 0 Å². The van der Waals surface area contributed by atoms with Crippen LogP contribution in [0.15, 0.2) is 24.3 Å². The predicted octanol–water partition coefficient (Wildman–Crippen LogP) is 1.25. The van der Waals surface area contributed by atoms with E-state index in [9.17, 15) is 13.5 Å². The fourth-order valence-electron chi connectivity index (χ4n) is 1.66. The quantitative estimate of drug-likeness (QED) is 0.755. The average molecular weight is 286 g/mol. The van der Waals surface area contributed by atoms with Crippen LogP contribution in [0.1, 0.15) is 30.9 Å². The molecule has 0 fully saturated rings. The normalized spacial score (nSPS) is 12.0. The maximum atomic E-state index is 12.0. The van der Waals surface area contributed by atoms with Crippen molar-refractivity contribution in [2.45, 2.75) is 32.9 Å². The largest absolute Gasteiger partial charge is 0.392 e. The zero-order valence-corrected chi connectivity index (χ0v) is 12.3. The second-order valence-electron chi connectivity index (χ2n) is 4.43. The number of aliphatic hydroxyl groups excluding tert-OH is 1. The molecule has 1 rings (SSSR count). The van der Waals surface area contributed by atoms with Gasteiger partial charge in [-0.05, 0) is 17.5 Å². The third-order valence-electron chi connectivity index (χ3n) is 2.97. The van der Waals surface area contributed by atoms with Crippen molar-refractivity contribution < 1.29 is 13.5 Å². The van der Waals surface area contributed by atoms with Crippen molar-refractivity contribution in [3.8, 4) is 0 Å². The van der Waals surface area contributed by atoms with Gasteiger partial charge in [-0.1, -0.05) is 37.6 Å². The number of nitrogens with zero attached hydrogens (tertiary/aromatic N) is 1. The average Bonchev–Trinajstić information content (AvgIpc) is 2.42. The van der Waals surface area contributed by atoms with Crippen LogP contribution in [0.5, 0.6) is 0 Å². The molecule has 0 aliphatic heterocycles. The number of unbranched alkanes of at least 4 members (excludes halogenated alkanes) is 1. The van der Waals surface area contributed by atoms with Gasteiger partial charge in [0.05, 0.1) is 6.61 Å². The second-order valence-corrected chi connectivity index (χ2v) is 6.29. The highest BCUT2D eigenvalue weighted by molar-refractivity contribution is 7.87. The number of nitrogens with one attached hydrogen (secondary N) is 1. The first kappa shape index (κ1) is 16.1. The Bertz CT molecular complexity index is 488. The van der Waals surface area contributed by atoms with E-state index in [0.29, 0.717) is 6.54 Å². The molecule has 0 saturated carbocycles. The van der Waals surface area contributed by atoms with Gasteiger partial charge in [-0.3, -0.25) is 0 Å².